The number of benzene rings is 2. The largest absolute Gasteiger partial charge is 0.463 e. The van der Waals surface area contributed by atoms with Gasteiger partial charge in [-0.3, -0.25) is 0 Å². The van der Waals surface area contributed by atoms with Crippen molar-refractivity contribution >= 4 is 23.2 Å². The Kier molecular flexibility index (Phi) is 5.36. The molecular weight excluding hydrogens is 290 g/mol. The number of amidine groups is 1. The van der Waals surface area contributed by atoms with E-state index in [-0.39, 0.29) is 5.84 Å². The topological polar surface area (TPSA) is 63.4 Å². The van der Waals surface area contributed by atoms with Gasteiger partial charge in [-0.15, -0.1) is 10.2 Å². The van der Waals surface area contributed by atoms with Crippen LogP contribution in [0.1, 0.15) is 16.7 Å². The van der Waals surface area contributed by atoms with Crippen molar-refractivity contribution in [3.8, 4) is 0 Å². The maximum atomic E-state index is 11.9. The van der Waals surface area contributed by atoms with E-state index >= 15 is 0 Å². The highest BCUT2D eigenvalue weighted by Gasteiger charge is 2.13. The molecule has 0 amide bonds. The van der Waals surface area contributed by atoms with Crippen LogP contribution in [0.15, 0.2) is 57.7 Å². The number of ether oxygens (including phenoxy) is 1. The van der Waals surface area contributed by atoms with Gasteiger partial charge in [0.1, 0.15) is 0 Å². The molecule has 5 heteroatoms. The molecule has 118 valence electrons. The van der Waals surface area contributed by atoms with Crippen LogP contribution in [0.5, 0.6) is 0 Å². The predicted octanol–water partition coefficient (Wildman–Crippen LogP) is 4.60. The standard InChI is InChI=1S/C18H19N3O2/c1-12-10-13(2)16(14(3)11-12)19-17(18(22)23-4)21-20-15-8-6-5-7-9-15/h5-11H,1-4H3. The minimum Gasteiger partial charge on any atom is -0.463 e. The van der Waals surface area contributed by atoms with Crippen molar-refractivity contribution in [2.24, 2.45) is 15.2 Å². The summed E-state index contributed by atoms with van der Waals surface area (Å²) in [4.78, 5) is 16.3. The van der Waals surface area contributed by atoms with Crippen LogP contribution in [-0.2, 0) is 9.53 Å². The monoisotopic (exact) mass is 309 g/mol. The lowest BCUT2D eigenvalue weighted by atomic mass is 10.1. The van der Waals surface area contributed by atoms with Gasteiger partial charge in [0.05, 0.1) is 18.5 Å². The number of azo groups is 1. The molecule has 5 nitrogen and oxygen atoms in total. The number of rotatable bonds is 2. The number of hydrogen-bond donors (Lipinski definition) is 0. The number of hydrogen-bond acceptors (Lipinski definition) is 4. The minimum absolute atomic E-state index is 0.0774. The number of esters is 1. The van der Waals surface area contributed by atoms with E-state index in [1.807, 2.05) is 51.1 Å². The Morgan fingerprint density at radius 3 is 2.17 bits per heavy atom. The van der Waals surface area contributed by atoms with Crippen molar-refractivity contribution in [3.05, 3.63) is 59.2 Å². The number of carbonyl (C=O) groups excluding carboxylic acids is 1. The van der Waals surface area contributed by atoms with Gasteiger partial charge in [-0.25, -0.2) is 9.79 Å². The molecule has 0 atom stereocenters. The van der Waals surface area contributed by atoms with Gasteiger partial charge in [0.15, 0.2) is 0 Å². The average molecular weight is 309 g/mol. The van der Waals surface area contributed by atoms with E-state index in [0.717, 1.165) is 16.7 Å². The summed E-state index contributed by atoms with van der Waals surface area (Å²) in [7, 11) is 1.30. The van der Waals surface area contributed by atoms with Crippen molar-refractivity contribution in [2.45, 2.75) is 20.8 Å². The third-order valence-corrected chi connectivity index (χ3v) is 3.24. The van der Waals surface area contributed by atoms with Crippen LogP contribution in [0, 0.1) is 20.8 Å². The van der Waals surface area contributed by atoms with E-state index < -0.39 is 5.97 Å². The van der Waals surface area contributed by atoms with E-state index in [1.54, 1.807) is 12.1 Å². The minimum atomic E-state index is -0.621. The molecular formula is C18H19N3O2. The summed E-state index contributed by atoms with van der Waals surface area (Å²) in [5.74, 6) is -0.699. The molecule has 0 aliphatic rings. The number of aliphatic imine (C=N–C) groups is 1. The summed E-state index contributed by atoms with van der Waals surface area (Å²) >= 11 is 0. The molecule has 0 unspecified atom stereocenters. The molecule has 0 saturated heterocycles. The molecule has 23 heavy (non-hydrogen) atoms. The fraction of sp³-hybridized carbons (Fsp3) is 0.222. The van der Waals surface area contributed by atoms with Crippen LogP contribution in [0.25, 0.3) is 0 Å². The molecule has 0 aliphatic carbocycles. The second-order valence-electron chi connectivity index (χ2n) is 5.21. The first kappa shape index (κ1) is 16.5. The van der Waals surface area contributed by atoms with Gasteiger partial charge in [0.25, 0.3) is 5.84 Å². The van der Waals surface area contributed by atoms with Crippen LogP contribution in [0.2, 0.25) is 0 Å². The number of carbonyl (C=O) groups is 1. The van der Waals surface area contributed by atoms with E-state index in [9.17, 15) is 4.79 Å². The third-order valence-electron chi connectivity index (χ3n) is 3.24. The third kappa shape index (κ3) is 4.32. The fourth-order valence-corrected chi connectivity index (χ4v) is 2.25. The molecule has 0 radical (unpaired) electrons. The summed E-state index contributed by atoms with van der Waals surface area (Å²) in [6.45, 7) is 5.91. The maximum absolute atomic E-state index is 11.9. The molecule has 0 aliphatic heterocycles. The second-order valence-corrected chi connectivity index (χ2v) is 5.21. The zero-order valence-corrected chi connectivity index (χ0v) is 13.7. The number of nitrogens with zero attached hydrogens (tertiary/aromatic N) is 3. The summed E-state index contributed by atoms with van der Waals surface area (Å²) in [5.41, 5.74) is 4.44. The smallest absolute Gasteiger partial charge is 0.378 e. The maximum Gasteiger partial charge on any atom is 0.378 e. The Balaban J connectivity index is 2.43. The first-order chi connectivity index (χ1) is 11.0. The zero-order chi connectivity index (χ0) is 16.8. The highest BCUT2D eigenvalue weighted by Crippen LogP contribution is 2.25. The van der Waals surface area contributed by atoms with E-state index in [1.165, 1.54) is 7.11 Å². The first-order valence-electron chi connectivity index (χ1n) is 7.23. The SMILES string of the molecule is COC(=O)C(N=Nc1ccccc1)=Nc1c(C)cc(C)cc1C. The van der Waals surface area contributed by atoms with Crippen molar-refractivity contribution in [1.82, 2.24) is 0 Å². The van der Waals surface area contributed by atoms with E-state index in [4.69, 9.17) is 4.74 Å². The Bertz CT molecular complexity index is 742. The normalized spacial score (nSPS) is 11.7. The molecule has 0 aromatic heterocycles. The van der Waals surface area contributed by atoms with Gasteiger partial charge in [0, 0.05) is 0 Å². The Hall–Kier alpha value is -2.82. The molecule has 0 N–H and O–H groups in total. The van der Waals surface area contributed by atoms with Crippen LogP contribution in [-0.4, -0.2) is 18.9 Å². The lowest BCUT2D eigenvalue weighted by Gasteiger charge is -2.07. The van der Waals surface area contributed by atoms with Crippen molar-refractivity contribution in [1.29, 1.82) is 0 Å². The van der Waals surface area contributed by atoms with Gasteiger partial charge in [0.2, 0.25) is 0 Å². The molecule has 0 bridgehead atoms. The average Bonchev–Trinajstić information content (AvgIpc) is 2.53. The lowest BCUT2D eigenvalue weighted by Crippen LogP contribution is -2.12. The Labute approximate surface area is 135 Å². The Morgan fingerprint density at radius 1 is 1.00 bits per heavy atom. The van der Waals surface area contributed by atoms with Gasteiger partial charge in [-0.2, -0.15) is 0 Å². The zero-order valence-electron chi connectivity index (χ0n) is 13.7. The van der Waals surface area contributed by atoms with Gasteiger partial charge >= 0.3 is 5.97 Å². The molecule has 2 aromatic carbocycles. The number of methoxy groups -OCH3 is 1. The Morgan fingerprint density at radius 2 is 1.61 bits per heavy atom. The van der Waals surface area contributed by atoms with Crippen molar-refractivity contribution < 1.29 is 9.53 Å². The van der Waals surface area contributed by atoms with Gasteiger partial charge in [-0.05, 0) is 44.0 Å². The van der Waals surface area contributed by atoms with Gasteiger partial charge in [-0.1, -0.05) is 35.9 Å². The van der Waals surface area contributed by atoms with Crippen LogP contribution >= 0.6 is 0 Å². The molecule has 2 aromatic rings. The van der Waals surface area contributed by atoms with Crippen LogP contribution < -0.4 is 0 Å². The molecule has 0 saturated carbocycles. The number of aryl methyl sites for hydroxylation is 3. The summed E-state index contributed by atoms with van der Waals surface area (Å²) in [5, 5.41) is 8.01. The molecule has 0 spiro atoms. The highest BCUT2D eigenvalue weighted by atomic mass is 16.5. The van der Waals surface area contributed by atoms with E-state index in [2.05, 4.69) is 15.2 Å². The molecule has 0 fully saturated rings. The molecule has 2 rings (SSSR count). The van der Waals surface area contributed by atoms with Gasteiger partial charge < -0.3 is 4.74 Å². The van der Waals surface area contributed by atoms with E-state index in [0.29, 0.717) is 11.4 Å². The van der Waals surface area contributed by atoms with Crippen molar-refractivity contribution in [3.63, 3.8) is 0 Å². The molecule has 0 heterocycles. The van der Waals surface area contributed by atoms with Crippen LogP contribution in [0.4, 0.5) is 11.4 Å². The van der Waals surface area contributed by atoms with Crippen LogP contribution in [0.3, 0.4) is 0 Å². The fourth-order valence-electron chi connectivity index (χ4n) is 2.25. The predicted molar refractivity (Wildman–Crippen MR) is 90.7 cm³/mol. The van der Waals surface area contributed by atoms with Crippen molar-refractivity contribution in [2.75, 3.05) is 7.11 Å². The quantitative estimate of drug-likeness (QED) is 0.352. The highest BCUT2D eigenvalue weighted by molar-refractivity contribution is 6.36. The summed E-state index contributed by atoms with van der Waals surface area (Å²) in [6.07, 6.45) is 0. The second kappa shape index (κ2) is 7.45. The first-order valence-corrected chi connectivity index (χ1v) is 7.23. The lowest BCUT2D eigenvalue weighted by molar-refractivity contribution is -0.132. The summed E-state index contributed by atoms with van der Waals surface area (Å²) < 4.78 is 4.75. The summed E-state index contributed by atoms with van der Waals surface area (Å²) in [6, 6.07) is 13.2.